The van der Waals surface area contributed by atoms with Crippen LogP contribution in [-0.4, -0.2) is 47.3 Å². The lowest BCUT2D eigenvalue weighted by molar-refractivity contribution is -0.134. The molecule has 3 rings (SSSR count). The molecule has 25 heavy (non-hydrogen) atoms. The highest BCUT2D eigenvalue weighted by Crippen LogP contribution is 2.41. The fourth-order valence-electron chi connectivity index (χ4n) is 3.87. The number of carbonyl (C=O) groups is 2. The zero-order valence-electron chi connectivity index (χ0n) is 14.3. The van der Waals surface area contributed by atoms with Crippen LogP contribution in [0.4, 0.5) is 8.78 Å². The van der Waals surface area contributed by atoms with Crippen molar-refractivity contribution in [3.63, 3.8) is 0 Å². The minimum atomic E-state index is -0.640. The third-order valence-corrected chi connectivity index (χ3v) is 5.23. The van der Waals surface area contributed by atoms with E-state index in [1.54, 1.807) is 16.7 Å². The van der Waals surface area contributed by atoms with Crippen molar-refractivity contribution in [2.75, 3.05) is 19.6 Å². The van der Waals surface area contributed by atoms with Gasteiger partial charge in [0.1, 0.15) is 11.6 Å². The van der Waals surface area contributed by atoms with Gasteiger partial charge in [-0.05, 0) is 37.5 Å². The molecule has 136 valence electrons. The van der Waals surface area contributed by atoms with Gasteiger partial charge in [-0.25, -0.2) is 8.78 Å². The molecule has 1 spiro atoms. The van der Waals surface area contributed by atoms with Gasteiger partial charge >= 0.3 is 0 Å². The van der Waals surface area contributed by atoms with Crippen LogP contribution >= 0.6 is 0 Å². The SMILES string of the molecule is CC(N)C(=O)N1CCC2(CC1)CC(=O)N(Cc1cc(F)cc(F)c1)C2. The molecule has 2 amide bonds. The van der Waals surface area contributed by atoms with E-state index in [0.717, 1.165) is 18.9 Å². The minimum Gasteiger partial charge on any atom is -0.341 e. The van der Waals surface area contributed by atoms with Gasteiger partial charge < -0.3 is 15.5 Å². The van der Waals surface area contributed by atoms with Gasteiger partial charge in [-0.2, -0.15) is 0 Å². The van der Waals surface area contributed by atoms with Crippen LogP contribution in [0, 0.1) is 17.0 Å². The Balaban J connectivity index is 1.64. The highest BCUT2D eigenvalue weighted by Gasteiger charge is 2.45. The molecule has 2 saturated heterocycles. The lowest BCUT2D eigenvalue weighted by Crippen LogP contribution is -2.49. The molecular formula is C18H23F2N3O2. The quantitative estimate of drug-likeness (QED) is 0.901. The van der Waals surface area contributed by atoms with Crippen molar-refractivity contribution in [1.82, 2.24) is 9.80 Å². The fourth-order valence-corrected chi connectivity index (χ4v) is 3.87. The number of piperidine rings is 1. The van der Waals surface area contributed by atoms with E-state index < -0.39 is 17.7 Å². The Labute approximate surface area is 145 Å². The molecule has 2 aliphatic rings. The first-order valence-corrected chi connectivity index (χ1v) is 8.55. The van der Waals surface area contributed by atoms with Gasteiger partial charge in [-0.3, -0.25) is 9.59 Å². The Morgan fingerprint density at radius 1 is 1.24 bits per heavy atom. The van der Waals surface area contributed by atoms with Crippen molar-refractivity contribution in [1.29, 1.82) is 0 Å². The first kappa shape index (κ1) is 17.8. The number of nitrogens with zero attached hydrogens (tertiary/aromatic N) is 2. The monoisotopic (exact) mass is 351 g/mol. The Bertz CT molecular complexity index is 665. The Morgan fingerprint density at radius 2 is 1.84 bits per heavy atom. The average Bonchev–Trinajstić information content (AvgIpc) is 2.81. The number of halogens is 2. The Kier molecular flexibility index (Phi) is 4.77. The number of benzene rings is 1. The molecule has 0 radical (unpaired) electrons. The number of amides is 2. The van der Waals surface area contributed by atoms with Gasteiger partial charge in [0.15, 0.2) is 0 Å². The van der Waals surface area contributed by atoms with Crippen LogP contribution in [0.25, 0.3) is 0 Å². The largest absolute Gasteiger partial charge is 0.341 e. The van der Waals surface area contributed by atoms with Crippen molar-refractivity contribution in [2.24, 2.45) is 11.1 Å². The van der Waals surface area contributed by atoms with Crippen molar-refractivity contribution < 1.29 is 18.4 Å². The summed E-state index contributed by atoms with van der Waals surface area (Å²) < 4.78 is 26.7. The first-order valence-electron chi connectivity index (χ1n) is 8.55. The maximum atomic E-state index is 13.3. The van der Waals surface area contributed by atoms with E-state index in [2.05, 4.69) is 0 Å². The van der Waals surface area contributed by atoms with Crippen LogP contribution in [0.2, 0.25) is 0 Å². The van der Waals surface area contributed by atoms with Crippen molar-refractivity contribution in [3.05, 3.63) is 35.4 Å². The van der Waals surface area contributed by atoms with E-state index in [1.165, 1.54) is 12.1 Å². The van der Waals surface area contributed by atoms with Crippen molar-refractivity contribution in [3.8, 4) is 0 Å². The maximum absolute atomic E-state index is 13.3. The molecule has 1 aromatic rings. The normalized spacial score (nSPS) is 21.0. The number of hydrogen-bond acceptors (Lipinski definition) is 3. The van der Waals surface area contributed by atoms with Crippen LogP contribution in [0.3, 0.4) is 0 Å². The summed E-state index contributed by atoms with van der Waals surface area (Å²) in [6.07, 6.45) is 1.90. The van der Waals surface area contributed by atoms with Crippen LogP contribution in [0.15, 0.2) is 18.2 Å². The molecule has 7 heteroatoms. The van der Waals surface area contributed by atoms with Crippen LogP contribution in [0.1, 0.15) is 31.7 Å². The fraction of sp³-hybridized carbons (Fsp3) is 0.556. The molecule has 1 aromatic carbocycles. The molecular weight excluding hydrogens is 328 g/mol. The molecule has 1 unspecified atom stereocenters. The predicted octanol–water partition coefficient (Wildman–Crippen LogP) is 1.65. The molecule has 2 aliphatic heterocycles. The van der Waals surface area contributed by atoms with Crippen LogP contribution in [0.5, 0.6) is 0 Å². The van der Waals surface area contributed by atoms with Crippen LogP contribution in [-0.2, 0) is 16.1 Å². The number of likely N-dealkylation sites (tertiary alicyclic amines) is 2. The highest BCUT2D eigenvalue weighted by atomic mass is 19.1. The van der Waals surface area contributed by atoms with Gasteiger partial charge in [-0.15, -0.1) is 0 Å². The second kappa shape index (κ2) is 6.71. The molecule has 0 aliphatic carbocycles. The second-order valence-corrected chi connectivity index (χ2v) is 7.32. The van der Waals surface area contributed by atoms with Gasteiger partial charge in [0.2, 0.25) is 11.8 Å². The zero-order chi connectivity index (χ0) is 18.2. The van der Waals surface area contributed by atoms with E-state index in [0.29, 0.717) is 31.6 Å². The lowest BCUT2D eigenvalue weighted by Gasteiger charge is -2.39. The average molecular weight is 351 g/mol. The summed E-state index contributed by atoms with van der Waals surface area (Å²) in [5.41, 5.74) is 5.95. The number of nitrogens with two attached hydrogens (primary N) is 1. The smallest absolute Gasteiger partial charge is 0.239 e. The molecule has 5 nitrogen and oxygen atoms in total. The molecule has 0 aromatic heterocycles. The molecule has 1 atom stereocenters. The number of rotatable bonds is 3. The van der Waals surface area contributed by atoms with E-state index in [1.807, 2.05) is 0 Å². The van der Waals surface area contributed by atoms with E-state index in [4.69, 9.17) is 5.73 Å². The summed E-state index contributed by atoms with van der Waals surface area (Å²) in [4.78, 5) is 27.8. The summed E-state index contributed by atoms with van der Waals surface area (Å²) in [6.45, 7) is 3.62. The molecule has 0 bridgehead atoms. The van der Waals surface area contributed by atoms with Gasteiger partial charge in [-0.1, -0.05) is 0 Å². The third kappa shape index (κ3) is 3.81. The van der Waals surface area contributed by atoms with Crippen molar-refractivity contribution >= 4 is 11.8 Å². The van der Waals surface area contributed by atoms with E-state index >= 15 is 0 Å². The summed E-state index contributed by atoms with van der Waals surface area (Å²) in [5, 5.41) is 0. The predicted molar refractivity (Wildman–Crippen MR) is 88.3 cm³/mol. The maximum Gasteiger partial charge on any atom is 0.239 e. The highest BCUT2D eigenvalue weighted by molar-refractivity contribution is 5.82. The standard InChI is InChI=1S/C18H23F2N3O2/c1-12(21)17(25)22-4-2-18(3-5-22)9-16(24)23(11-18)10-13-6-14(19)8-15(20)7-13/h6-8,12H,2-5,9-11,21H2,1H3. The lowest BCUT2D eigenvalue weighted by atomic mass is 9.77. The zero-order valence-corrected chi connectivity index (χ0v) is 14.3. The van der Waals surface area contributed by atoms with Crippen LogP contribution < -0.4 is 5.73 Å². The topological polar surface area (TPSA) is 66.6 Å². The molecule has 2 N–H and O–H groups in total. The summed E-state index contributed by atoms with van der Waals surface area (Å²) in [6, 6.07) is 2.82. The second-order valence-electron chi connectivity index (χ2n) is 7.32. The summed E-state index contributed by atoms with van der Waals surface area (Å²) in [5.74, 6) is -1.35. The third-order valence-electron chi connectivity index (χ3n) is 5.23. The molecule has 2 heterocycles. The first-order chi connectivity index (χ1) is 11.8. The molecule has 0 saturated carbocycles. The van der Waals surface area contributed by atoms with Gasteiger partial charge in [0, 0.05) is 44.1 Å². The minimum absolute atomic E-state index is 0.00311. The van der Waals surface area contributed by atoms with E-state index in [9.17, 15) is 18.4 Å². The van der Waals surface area contributed by atoms with Gasteiger partial charge in [0.25, 0.3) is 0 Å². The summed E-state index contributed by atoms with van der Waals surface area (Å²) >= 11 is 0. The number of carbonyl (C=O) groups excluding carboxylic acids is 2. The van der Waals surface area contributed by atoms with E-state index in [-0.39, 0.29) is 23.8 Å². The van der Waals surface area contributed by atoms with Crippen molar-refractivity contribution in [2.45, 2.75) is 38.8 Å². The molecule has 2 fully saturated rings. The van der Waals surface area contributed by atoms with Gasteiger partial charge in [0.05, 0.1) is 6.04 Å². The Morgan fingerprint density at radius 3 is 2.40 bits per heavy atom. The number of hydrogen-bond donors (Lipinski definition) is 1. The Hall–Kier alpha value is -2.02. The summed E-state index contributed by atoms with van der Waals surface area (Å²) in [7, 11) is 0.